The van der Waals surface area contributed by atoms with Gasteiger partial charge < -0.3 is 5.73 Å². The Morgan fingerprint density at radius 2 is 1.85 bits per heavy atom. The molecule has 2 nitrogen and oxygen atoms in total. The van der Waals surface area contributed by atoms with E-state index in [-0.39, 0.29) is 0 Å². The first-order valence-corrected chi connectivity index (χ1v) is 4.30. The van der Waals surface area contributed by atoms with E-state index in [9.17, 15) is 0 Å². The molecule has 1 aromatic heterocycles. The van der Waals surface area contributed by atoms with Gasteiger partial charge in [-0.1, -0.05) is 12.1 Å². The summed E-state index contributed by atoms with van der Waals surface area (Å²) in [6.45, 7) is 4.02. The van der Waals surface area contributed by atoms with Crippen molar-refractivity contribution in [3.8, 4) is 0 Å². The third-order valence-electron chi connectivity index (χ3n) is 2.40. The predicted octanol–water partition coefficient (Wildman–Crippen LogP) is 2.43. The maximum atomic E-state index is 5.96. The third kappa shape index (κ3) is 1.15. The number of benzene rings is 1. The van der Waals surface area contributed by atoms with Crippen molar-refractivity contribution in [2.75, 3.05) is 5.73 Å². The van der Waals surface area contributed by atoms with Gasteiger partial charge in [-0.2, -0.15) is 0 Å². The Morgan fingerprint density at radius 1 is 1.08 bits per heavy atom. The molecule has 2 aromatic rings. The van der Waals surface area contributed by atoms with Gasteiger partial charge in [-0.25, -0.2) is 0 Å². The molecule has 0 aliphatic carbocycles. The van der Waals surface area contributed by atoms with Crippen molar-refractivity contribution < 1.29 is 0 Å². The first kappa shape index (κ1) is 8.05. The van der Waals surface area contributed by atoms with Crippen LogP contribution in [0.4, 0.5) is 5.69 Å². The Balaban J connectivity index is 2.94. The van der Waals surface area contributed by atoms with E-state index < -0.39 is 0 Å². The summed E-state index contributed by atoms with van der Waals surface area (Å²) in [4.78, 5) is 4.22. The van der Waals surface area contributed by atoms with Crippen LogP contribution in [0.25, 0.3) is 10.8 Å². The van der Waals surface area contributed by atoms with E-state index in [0.29, 0.717) is 0 Å². The number of hydrogen-bond donors (Lipinski definition) is 1. The average Bonchev–Trinajstić information content (AvgIpc) is 2.12. The minimum absolute atomic E-state index is 0.864. The van der Waals surface area contributed by atoms with Gasteiger partial charge in [0.25, 0.3) is 0 Å². The van der Waals surface area contributed by atoms with E-state index in [2.05, 4.69) is 11.1 Å². The normalized spacial score (nSPS) is 10.6. The molecule has 1 heterocycles. The number of fused-ring (bicyclic) bond motifs is 1. The summed E-state index contributed by atoms with van der Waals surface area (Å²) in [5.41, 5.74) is 8.98. The van der Waals surface area contributed by atoms with Gasteiger partial charge >= 0.3 is 0 Å². The number of rotatable bonds is 0. The predicted molar refractivity (Wildman–Crippen MR) is 55.6 cm³/mol. The highest BCUT2D eigenvalue weighted by atomic mass is 14.7. The van der Waals surface area contributed by atoms with Crippen LogP contribution in [0.5, 0.6) is 0 Å². The van der Waals surface area contributed by atoms with Crippen molar-refractivity contribution in [1.29, 1.82) is 0 Å². The standard InChI is InChI=1S/C11H12N2/c1-7-3-4-9-8(2)13-6-5-10(9)11(7)12/h3-6H,12H2,1-2H3. The van der Waals surface area contributed by atoms with Crippen LogP contribution in [-0.2, 0) is 0 Å². The highest BCUT2D eigenvalue weighted by Crippen LogP contribution is 2.25. The Morgan fingerprint density at radius 3 is 2.62 bits per heavy atom. The number of nitrogens with two attached hydrogens (primary N) is 1. The number of pyridine rings is 1. The lowest BCUT2D eigenvalue weighted by Gasteiger charge is -2.06. The summed E-state index contributed by atoms with van der Waals surface area (Å²) >= 11 is 0. The third-order valence-corrected chi connectivity index (χ3v) is 2.40. The molecule has 2 rings (SSSR count). The molecule has 2 N–H and O–H groups in total. The zero-order chi connectivity index (χ0) is 9.42. The second-order valence-electron chi connectivity index (χ2n) is 3.29. The van der Waals surface area contributed by atoms with E-state index in [1.165, 1.54) is 0 Å². The van der Waals surface area contributed by atoms with Crippen molar-refractivity contribution in [2.45, 2.75) is 13.8 Å². The van der Waals surface area contributed by atoms with Crippen LogP contribution in [-0.4, -0.2) is 4.98 Å². The number of anilines is 1. The molecule has 0 unspecified atom stereocenters. The van der Waals surface area contributed by atoms with Crippen molar-refractivity contribution >= 4 is 16.5 Å². The fraction of sp³-hybridized carbons (Fsp3) is 0.182. The van der Waals surface area contributed by atoms with Crippen molar-refractivity contribution in [1.82, 2.24) is 4.98 Å². The Bertz CT molecular complexity index is 461. The van der Waals surface area contributed by atoms with E-state index >= 15 is 0 Å². The fourth-order valence-electron chi connectivity index (χ4n) is 1.53. The van der Waals surface area contributed by atoms with Gasteiger partial charge in [0.1, 0.15) is 0 Å². The van der Waals surface area contributed by atoms with Gasteiger partial charge in [-0.05, 0) is 25.5 Å². The van der Waals surface area contributed by atoms with Crippen LogP contribution in [0.1, 0.15) is 11.3 Å². The van der Waals surface area contributed by atoms with Crippen LogP contribution in [0.15, 0.2) is 24.4 Å². The molecule has 0 radical (unpaired) electrons. The molecule has 13 heavy (non-hydrogen) atoms. The van der Waals surface area contributed by atoms with Crippen LogP contribution >= 0.6 is 0 Å². The van der Waals surface area contributed by atoms with Crippen LogP contribution in [0, 0.1) is 13.8 Å². The summed E-state index contributed by atoms with van der Waals surface area (Å²) in [7, 11) is 0. The van der Waals surface area contributed by atoms with E-state index in [1.54, 1.807) is 6.20 Å². The lowest BCUT2D eigenvalue weighted by molar-refractivity contribution is 1.23. The molecule has 66 valence electrons. The summed E-state index contributed by atoms with van der Waals surface area (Å²) in [6, 6.07) is 6.07. The molecule has 1 aromatic carbocycles. The molecule has 0 saturated heterocycles. The minimum atomic E-state index is 0.864. The highest BCUT2D eigenvalue weighted by Gasteiger charge is 2.02. The molecule has 0 amide bonds. The van der Waals surface area contributed by atoms with Crippen LogP contribution in [0.3, 0.4) is 0 Å². The van der Waals surface area contributed by atoms with Gasteiger partial charge in [0.05, 0.1) is 0 Å². The molecule has 0 fully saturated rings. The Kier molecular flexibility index (Phi) is 1.69. The van der Waals surface area contributed by atoms with Gasteiger partial charge in [-0.15, -0.1) is 0 Å². The zero-order valence-electron chi connectivity index (χ0n) is 7.83. The first-order valence-electron chi connectivity index (χ1n) is 4.30. The Labute approximate surface area is 77.4 Å². The van der Waals surface area contributed by atoms with Crippen molar-refractivity contribution in [2.24, 2.45) is 0 Å². The maximum Gasteiger partial charge on any atom is 0.0451 e. The topological polar surface area (TPSA) is 38.9 Å². The second kappa shape index (κ2) is 2.73. The SMILES string of the molecule is Cc1ccc2c(C)nccc2c1N. The van der Waals surface area contributed by atoms with Crippen LogP contribution < -0.4 is 5.73 Å². The summed E-state index contributed by atoms with van der Waals surface area (Å²) in [6.07, 6.45) is 1.80. The minimum Gasteiger partial charge on any atom is -0.398 e. The molecule has 0 atom stereocenters. The monoisotopic (exact) mass is 172 g/mol. The number of aryl methyl sites for hydroxylation is 2. The summed E-state index contributed by atoms with van der Waals surface area (Å²) in [5, 5.41) is 2.25. The lowest BCUT2D eigenvalue weighted by atomic mass is 10.1. The highest BCUT2D eigenvalue weighted by molar-refractivity contribution is 5.95. The number of hydrogen-bond acceptors (Lipinski definition) is 2. The number of nitrogen functional groups attached to an aromatic ring is 1. The number of aromatic nitrogens is 1. The molecular formula is C11H12N2. The molecule has 0 spiro atoms. The zero-order valence-corrected chi connectivity index (χ0v) is 7.83. The van der Waals surface area contributed by atoms with E-state index in [0.717, 1.165) is 27.7 Å². The van der Waals surface area contributed by atoms with Crippen LogP contribution in [0.2, 0.25) is 0 Å². The molecule has 0 aliphatic heterocycles. The average molecular weight is 172 g/mol. The molecule has 0 bridgehead atoms. The summed E-state index contributed by atoms with van der Waals surface area (Å²) in [5.74, 6) is 0. The first-order chi connectivity index (χ1) is 6.20. The molecular weight excluding hydrogens is 160 g/mol. The van der Waals surface area contributed by atoms with Gasteiger partial charge in [-0.3, -0.25) is 4.98 Å². The van der Waals surface area contributed by atoms with Gasteiger partial charge in [0.2, 0.25) is 0 Å². The fourth-order valence-corrected chi connectivity index (χ4v) is 1.53. The lowest BCUT2D eigenvalue weighted by Crippen LogP contribution is -1.93. The van der Waals surface area contributed by atoms with Crippen molar-refractivity contribution in [3.05, 3.63) is 35.7 Å². The van der Waals surface area contributed by atoms with Crippen molar-refractivity contribution in [3.63, 3.8) is 0 Å². The van der Waals surface area contributed by atoms with Gasteiger partial charge in [0.15, 0.2) is 0 Å². The second-order valence-corrected chi connectivity index (χ2v) is 3.29. The smallest absolute Gasteiger partial charge is 0.0451 e. The number of nitrogens with zero attached hydrogens (tertiary/aromatic N) is 1. The quantitative estimate of drug-likeness (QED) is 0.620. The largest absolute Gasteiger partial charge is 0.398 e. The van der Waals surface area contributed by atoms with E-state index in [4.69, 9.17) is 5.73 Å². The Hall–Kier alpha value is -1.57. The molecule has 2 heteroatoms. The van der Waals surface area contributed by atoms with Gasteiger partial charge in [0, 0.05) is 28.4 Å². The molecule has 0 aliphatic rings. The maximum absolute atomic E-state index is 5.96. The van der Waals surface area contributed by atoms with E-state index in [1.807, 2.05) is 26.0 Å². The summed E-state index contributed by atoms with van der Waals surface area (Å²) < 4.78 is 0. The molecule has 0 saturated carbocycles.